The Morgan fingerprint density at radius 1 is 0.920 bits per heavy atom. The van der Waals surface area contributed by atoms with Gasteiger partial charge in [0.15, 0.2) is 0 Å². The molecule has 3 rings (SSSR count). The van der Waals surface area contributed by atoms with Crippen molar-refractivity contribution in [1.82, 2.24) is 9.21 Å². The molecule has 1 heterocycles. The normalized spacial score (nSPS) is 18.2. The van der Waals surface area contributed by atoms with Gasteiger partial charge in [-0.15, -0.1) is 0 Å². The first-order chi connectivity index (χ1) is 11.9. The maximum Gasteiger partial charge on any atom is 0.243 e. The molecular formula is C20H26N2O2S. The van der Waals surface area contributed by atoms with Crippen molar-refractivity contribution in [3.8, 4) is 0 Å². The van der Waals surface area contributed by atoms with Gasteiger partial charge in [-0.1, -0.05) is 48.0 Å². The minimum atomic E-state index is -3.42. The Bertz CT molecular complexity index is 826. The van der Waals surface area contributed by atoms with Crippen LogP contribution in [-0.2, 0) is 10.0 Å². The van der Waals surface area contributed by atoms with E-state index in [1.54, 1.807) is 10.4 Å². The predicted molar refractivity (Wildman–Crippen MR) is 101 cm³/mol. The average molecular weight is 359 g/mol. The second-order valence-electron chi connectivity index (χ2n) is 6.80. The number of rotatable bonds is 4. The zero-order valence-corrected chi connectivity index (χ0v) is 16.0. The SMILES string of the molecule is Cc1ccc(S(=O)(=O)N2CCN([C@H](C)c3ccccc3)CC2)c(C)c1. The molecule has 0 spiro atoms. The third kappa shape index (κ3) is 3.78. The van der Waals surface area contributed by atoms with Crippen molar-refractivity contribution in [2.75, 3.05) is 26.2 Å². The molecule has 0 bridgehead atoms. The average Bonchev–Trinajstić information content (AvgIpc) is 2.61. The molecule has 2 aromatic rings. The van der Waals surface area contributed by atoms with Crippen LogP contribution in [0.3, 0.4) is 0 Å². The summed E-state index contributed by atoms with van der Waals surface area (Å²) in [7, 11) is -3.42. The van der Waals surface area contributed by atoms with E-state index in [4.69, 9.17) is 0 Å². The number of hydrogen-bond donors (Lipinski definition) is 0. The largest absolute Gasteiger partial charge is 0.294 e. The third-order valence-electron chi connectivity index (χ3n) is 5.05. The van der Waals surface area contributed by atoms with Gasteiger partial charge in [-0.3, -0.25) is 4.90 Å². The van der Waals surface area contributed by atoms with Gasteiger partial charge in [0.05, 0.1) is 4.90 Å². The summed E-state index contributed by atoms with van der Waals surface area (Å²) in [5, 5.41) is 0. The lowest BCUT2D eigenvalue weighted by molar-refractivity contribution is 0.146. The number of aryl methyl sites for hydroxylation is 2. The Balaban J connectivity index is 1.71. The maximum absolute atomic E-state index is 13.0. The van der Waals surface area contributed by atoms with Gasteiger partial charge in [0.25, 0.3) is 0 Å². The molecule has 0 saturated carbocycles. The van der Waals surface area contributed by atoms with Crippen LogP contribution >= 0.6 is 0 Å². The second-order valence-corrected chi connectivity index (χ2v) is 8.70. The van der Waals surface area contributed by atoms with Crippen LogP contribution < -0.4 is 0 Å². The van der Waals surface area contributed by atoms with Crippen molar-refractivity contribution in [1.29, 1.82) is 0 Å². The quantitative estimate of drug-likeness (QED) is 0.841. The molecule has 1 atom stereocenters. The molecule has 134 valence electrons. The van der Waals surface area contributed by atoms with Crippen LogP contribution in [0, 0.1) is 13.8 Å². The van der Waals surface area contributed by atoms with Crippen LogP contribution in [0.4, 0.5) is 0 Å². The Kier molecular flexibility index (Phi) is 5.27. The molecule has 1 fully saturated rings. The van der Waals surface area contributed by atoms with Gasteiger partial charge >= 0.3 is 0 Å². The molecule has 1 saturated heterocycles. The zero-order chi connectivity index (χ0) is 18.0. The van der Waals surface area contributed by atoms with Gasteiger partial charge in [0.1, 0.15) is 0 Å². The van der Waals surface area contributed by atoms with Crippen LogP contribution in [0.5, 0.6) is 0 Å². The molecule has 0 unspecified atom stereocenters. The maximum atomic E-state index is 13.0. The van der Waals surface area contributed by atoms with E-state index in [-0.39, 0.29) is 0 Å². The van der Waals surface area contributed by atoms with Crippen molar-refractivity contribution in [3.63, 3.8) is 0 Å². The summed E-state index contributed by atoms with van der Waals surface area (Å²) in [6, 6.07) is 16.2. The van der Waals surface area contributed by atoms with E-state index < -0.39 is 10.0 Å². The summed E-state index contributed by atoms with van der Waals surface area (Å²) in [6.45, 7) is 8.60. The fourth-order valence-electron chi connectivity index (χ4n) is 3.50. The van der Waals surface area contributed by atoms with Gasteiger partial charge in [-0.05, 0) is 38.0 Å². The van der Waals surface area contributed by atoms with Crippen LogP contribution in [-0.4, -0.2) is 43.8 Å². The summed E-state index contributed by atoms with van der Waals surface area (Å²) < 4.78 is 27.6. The van der Waals surface area contributed by atoms with Crippen molar-refractivity contribution < 1.29 is 8.42 Å². The molecule has 0 aromatic heterocycles. The smallest absolute Gasteiger partial charge is 0.243 e. The van der Waals surface area contributed by atoms with E-state index in [0.717, 1.165) is 24.2 Å². The molecule has 0 N–H and O–H groups in total. The van der Waals surface area contributed by atoms with E-state index in [1.165, 1.54) is 5.56 Å². The second kappa shape index (κ2) is 7.28. The summed E-state index contributed by atoms with van der Waals surface area (Å²) in [5.41, 5.74) is 3.17. The molecule has 2 aromatic carbocycles. The molecule has 1 aliphatic rings. The van der Waals surface area contributed by atoms with E-state index >= 15 is 0 Å². The molecule has 0 aliphatic carbocycles. The van der Waals surface area contributed by atoms with Gasteiger partial charge in [0, 0.05) is 32.2 Å². The lowest BCUT2D eigenvalue weighted by atomic mass is 10.1. The first kappa shape index (κ1) is 18.1. The van der Waals surface area contributed by atoms with E-state index in [0.29, 0.717) is 24.0 Å². The van der Waals surface area contributed by atoms with Crippen molar-refractivity contribution in [2.45, 2.75) is 31.7 Å². The number of sulfonamides is 1. The van der Waals surface area contributed by atoms with Gasteiger partial charge < -0.3 is 0 Å². The van der Waals surface area contributed by atoms with Crippen LogP contribution in [0.25, 0.3) is 0 Å². The Morgan fingerprint density at radius 2 is 1.56 bits per heavy atom. The zero-order valence-electron chi connectivity index (χ0n) is 15.1. The van der Waals surface area contributed by atoms with Crippen LogP contribution in [0.1, 0.15) is 29.7 Å². The highest BCUT2D eigenvalue weighted by atomic mass is 32.2. The lowest BCUT2D eigenvalue weighted by Crippen LogP contribution is -2.49. The Morgan fingerprint density at radius 3 is 2.16 bits per heavy atom. The molecular weight excluding hydrogens is 332 g/mol. The Hall–Kier alpha value is -1.69. The molecule has 5 heteroatoms. The third-order valence-corrected chi connectivity index (χ3v) is 7.11. The first-order valence-electron chi connectivity index (χ1n) is 8.76. The molecule has 4 nitrogen and oxygen atoms in total. The van der Waals surface area contributed by atoms with Gasteiger partial charge in [-0.2, -0.15) is 4.31 Å². The number of nitrogens with zero attached hydrogens (tertiary/aromatic N) is 2. The van der Waals surface area contributed by atoms with Gasteiger partial charge in [-0.25, -0.2) is 8.42 Å². The fraction of sp³-hybridized carbons (Fsp3) is 0.400. The predicted octanol–water partition coefficient (Wildman–Crippen LogP) is 3.37. The number of piperazine rings is 1. The molecule has 25 heavy (non-hydrogen) atoms. The lowest BCUT2D eigenvalue weighted by Gasteiger charge is -2.37. The standard InChI is InChI=1S/C20H26N2O2S/c1-16-9-10-20(17(2)15-16)25(23,24)22-13-11-21(12-14-22)18(3)19-7-5-4-6-8-19/h4-10,15,18H,11-14H2,1-3H3/t18-/m1/s1. The summed E-state index contributed by atoms with van der Waals surface area (Å²) in [5.74, 6) is 0. The molecule has 0 radical (unpaired) electrons. The molecule has 1 aliphatic heterocycles. The van der Waals surface area contributed by atoms with Crippen LogP contribution in [0.2, 0.25) is 0 Å². The van der Waals surface area contributed by atoms with Crippen molar-refractivity contribution in [3.05, 3.63) is 65.2 Å². The highest BCUT2D eigenvalue weighted by Crippen LogP contribution is 2.25. The monoisotopic (exact) mass is 358 g/mol. The number of hydrogen-bond acceptors (Lipinski definition) is 3. The van der Waals surface area contributed by atoms with Crippen LogP contribution in [0.15, 0.2) is 53.4 Å². The summed E-state index contributed by atoms with van der Waals surface area (Å²) in [6.07, 6.45) is 0. The van der Waals surface area contributed by atoms with Crippen molar-refractivity contribution in [2.24, 2.45) is 0 Å². The van der Waals surface area contributed by atoms with E-state index in [1.807, 2.05) is 44.2 Å². The highest BCUT2D eigenvalue weighted by molar-refractivity contribution is 7.89. The minimum absolute atomic E-state index is 0.298. The van der Waals surface area contributed by atoms with Crippen molar-refractivity contribution >= 4 is 10.0 Å². The molecule has 0 amide bonds. The van der Waals surface area contributed by atoms with E-state index in [9.17, 15) is 8.42 Å². The number of benzene rings is 2. The first-order valence-corrected chi connectivity index (χ1v) is 10.2. The fourth-order valence-corrected chi connectivity index (χ4v) is 5.13. The van der Waals surface area contributed by atoms with E-state index in [2.05, 4.69) is 24.0 Å². The topological polar surface area (TPSA) is 40.6 Å². The Labute approximate surface area is 151 Å². The summed E-state index contributed by atoms with van der Waals surface area (Å²) >= 11 is 0. The van der Waals surface area contributed by atoms with Gasteiger partial charge in [0.2, 0.25) is 10.0 Å². The highest BCUT2D eigenvalue weighted by Gasteiger charge is 2.31. The minimum Gasteiger partial charge on any atom is -0.294 e. The summed E-state index contributed by atoms with van der Waals surface area (Å²) in [4.78, 5) is 2.78.